The first-order valence-corrected chi connectivity index (χ1v) is 42.2. The zero-order valence-electron chi connectivity index (χ0n) is 66.4. The number of rotatable bonds is 5. The van der Waals surface area contributed by atoms with Crippen molar-refractivity contribution in [1.29, 1.82) is 0 Å². The average molecular weight is 1830 g/mol. The molecule has 0 unspecified atom stereocenters. The number of nitrogens with two attached hydrogens (primary N) is 1. The second-order valence-corrected chi connectivity index (χ2v) is 34.7. The molecule has 5 aliphatic heterocycles. The fraction of sp³-hybridized carbons (Fsp3) is 0.118. The number of nitrogens with one attached hydrogen (secondary N) is 1. The third-order valence-corrected chi connectivity index (χ3v) is 24.2. The van der Waals surface area contributed by atoms with Gasteiger partial charge in [0.1, 0.15) is 0 Å². The van der Waals surface area contributed by atoms with Gasteiger partial charge in [-0.3, -0.25) is 0 Å². The number of para-hydroxylation sites is 12. The first-order valence-electron chi connectivity index (χ1n) is 39.1. The van der Waals surface area contributed by atoms with Crippen molar-refractivity contribution in [3.05, 3.63) is 367 Å². The van der Waals surface area contributed by atoms with E-state index in [1.807, 2.05) is 216 Å². The van der Waals surface area contributed by atoms with E-state index in [4.69, 9.17) is 64.5 Å². The number of hydrogen-bond acceptors (Lipinski definition) is 12. The molecule has 0 saturated carbocycles. The van der Waals surface area contributed by atoms with E-state index in [-0.39, 0.29) is 10.8 Å². The zero-order valence-corrected chi connectivity index (χ0v) is 72.5. The minimum Gasteiger partial charge on any atom is -0.450 e. The fourth-order valence-corrected chi connectivity index (χ4v) is 16.3. The van der Waals surface area contributed by atoms with Crippen molar-refractivity contribution in [2.75, 3.05) is 11.1 Å². The van der Waals surface area contributed by atoms with E-state index in [9.17, 15) is 0 Å². The summed E-state index contributed by atoms with van der Waals surface area (Å²) in [6, 6.07) is 109. The van der Waals surface area contributed by atoms with Gasteiger partial charge in [-0.05, 0) is 258 Å². The molecule has 119 heavy (non-hydrogen) atoms. The van der Waals surface area contributed by atoms with Crippen molar-refractivity contribution in [3.8, 4) is 136 Å². The summed E-state index contributed by atoms with van der Waals surface area (Å²) in [7, 11) is -0.483. The highest BCUT2D eigenvalue weighted by atomic mass is 127. The molecule has 22 rings (SSSR count). The third kappa shape index (κ3) is 16.4. The van der Waals surface area contributed by atoms with Crippen LogP contribution in [0.15, 0.2) is 337 Å². The van der Waals surface area contributed by atoms with Gasteiger partial charge in [0.05, 0.1) is 16.2 Å². The molecule has 0 aromatic heterocycles. The monoisotopic (exact) mass is 1820 g/mol. The van der Waals surface area contributed by atoms with E-state index in [1.54, 1.807) is 6.07 Å². The average Bonchev–Trinajstić information content (AvgIpc) is 1.59. The fourth-order valence-electron chi connectivity index (χ4n) is 15.3. The van der Waals surface area contributed by atoms with Crippen LogP contribution in [-0.2, 0) is 20.1 Å². The molecule has 590 valence electrons. The molecule has 0 bridgehead atoms. The van der Waals surface area contributed by atoms with Crippen LogP contribution in [0.2, 0.25) is 5.02 Å². The molecule has 15 aromatic carbocycles. The van der Waals surface area contributed by atoms with E-state index >= 15 is 0 Å². The summed E-state index contributed by atoms with van der Waals surface area (Å²) in [5, 5.41) is 4.15. The Kier molecular flexibility index (Phi) is 22.3. The van der Waals surface area contributed by atoms with Gasteiger partial charge in [0.2, 0.25) is 0 Å². The highest BCUT2D eigenvalue weighted by molar-refractivity contribution is 14.1. The lowest BCUT2D eigenvalue weighted by Gasteiger charge is -2.32. The Bertz CT molecular complexity index is 6300. The maximum Gasteiger partial charge on any atom is 0.498 e. The van der Waals surface area contributed by atoms with Gasteiger partial charge in [0.25, 0.3) is 0 Å². The van der Waals surface area contributed by atoms with Crippen molar-refractivity contribution in [3.63, 3.8) is 0 Å². The van der Waals surface area contributed by atoms with Crippen LogP contribution in [0.5, 0.6) is 92.0 Å². The van der Waals surface area contributed by atoms with Gasteiger partial charge >= 0.3 is 7.12 Å². The van der Waals surface area contributed by atoms with Crippen LogP contribution in [0.25, 0.3) is 44.5 Å². The maximum atomic E-state index is 6.24. The summed E-state index contributed by atoms with van der Waals surface area (Å²) in [6.07, 6.45) is 0. The molecule has 0 atom stereocenters. The molecule has 1 fully saturated rings. The number of fused-ring (bicyclic) bond motifs is 14. The third-order valence-electron chi connectivity index (χ3n) is 22.2. The molecule has 7 aliphatic rings. The topological polar surface area (TPSA) is 130 Å². The van der Waals surface area contributed by atoms with Gasteiger partial charge < -0.3 is 58.3 Å². The molecule has 0 spiro atoms. The van der Waals surface area contributed by atoms with Crippen LogP contribution in [0.4, 0.5) is 17.1 Å². The van der Waals surface area contributed by atoms with Gasteiger partial charge in [-0.15, -0.1) is 0 Å². The molecule has 0 radical (unpaired) electrons. The van der Waals surface area contributed by atoms with Crippen LogP contribution in [-0.4, -0.2) is 18.3 Å². The second-order valence-electron chi connectivity index (χ2n) is 31.3. The van der Waals surface area contributed by atoms with Crippen molar-refractivity contribution in [2.24, 2.45) is 0 Å². The Morgan fingerprint density at radius 2 is 0.630 bits per heavy atom. The van der Waals surface area contributed by atoms with E-state index in [1.165, 1.54) is 48.1 Å². The Hall–Kier alpha value is -11.7. The van der Waals surface area contributed by atoms with Crippen LogP contribution in [0.1, 0.15) is 77.6 Å². The van der Waals surface area contributed by atoms with Gasteiger partial charge in [-0.25, -0.2) is 0 Å². The first-order chi connectivity index (χ1) is 57.5. The Morgan fingerprint density at radius 3 is 1.09 bits per heavy atom. The second kappa shape index (κ2) is 33.2. The van der Waals surface area contributed by atoms with Crippen LogP contribution in [0, 0.1) is 3.57 Å². The summed E-state index contributed by atoms with van der Waals surface area (Å²) in [5.41, 5.74) is 24.0. The number of nitrogen functional groups attached to an aromatic ring is 1. The minimum atomic E-state index is -0.483. The van der Waals surface area contributed by atoms with Crippen LogP contribution < -0.4 is 54.4 Å². The van der Waals surface area contributed by atoms with E-state index < -0.39 is 18.3 Å². The van der Waals surface area contributed by atoms with Crippen molar-refractivity contribution in [1.82, 2.24) is 0 Å². The smallest absolute Gasteiger partial charge is 0.450 e. The molecule has 2 aliphatic carbocycles. The lowest BCUT2D eigenvalue weighted by molar-refractivity contribution is 0.00578. The number of halogens is 4. The molecule has 17 heteroatoms. The lowest BCUT2D eigenvalue weighted by atomic mass is 9.78. The van der Waals surface area contributed by atoms with Gasteiger partial charge in [-0.1, -0.05) is 247 Å². The highest BCUT2D eigenvalue weighted by Crippen LogP contribution is 2.55. The molecule has 0 amide bonds. The molecule has 5 heterocycles. The van der Waals surface area contributed by atoms with Crippen molar-refractivity contribution in [2.45, 2.75) is 77.4 Å². The summed E-state index contributed by atoms with van der Waals surface area (Å²) in [6.45, 7) is 17.3. The standard InChI is InChI=1S/C33H25NO2.C18H19BO4.C18H11BrO2.C15H15N.C12H7ClO2.C6H4BrI/c1-33(2)27-10-4-3-8-25(27)26-19-18-23(20-28(26)33)34-22-16-14-21(15-17-22)24-9-7-13-31-32(24)36-30-12-6-5-11-29(30)35-31;1-17(2)18(3,4)23-19(22-17)12-8-7-11-15-16(12)21-14-10-6-5-9-13(14)20-15;19-13-10-8-12(9-11-13)14-4-3-7-17-18(14)21-16-6-2-1-5-15(16)20-17;1-15(2)13-6-4-3-5-11(13)12-8-7-10(16)9-14(12)15;13-8-4-3-7-11-12(8)15-10-6-2-1-5-9(10)14-11;7-5-1-3-6(8)4-2-5/h3-20,34H,1-2H3;5-11H,1-4H3;1-11H;3-9H,16H2,1-2H3;1-7H;1-4H. The molecule has 12 nitrogen and oxygen atoms in total. The number of benzene rings is 15. The van der Waals surface area contributed by atoms with E-state index in [0.29, 0.717) is 51.0 Å². The molecular weight excluding hydrogens is 1750 g/mol. The van der Waals surface area contributed by atoms with Gasteiger partial charge in [0, 0.05) is 57.0 Å². The number of hydrogen-bond donors (Lipinski definition) is 2. The Balaban J connectivity index is 0.000000107. The molecular formula is C102H81BBr2ClIN2O10. The van der Waals surface area contributed by atoms with Crippen molar-refractivity contribution < 1.29 is 47.2 Å². The van der Waals surface area contributed by atoms with E-state index in [2.05, 4.69) is 221 Å². The summed E-state index contributed by atoms with van der Waals surface area (Å²) in [4.78, 5) is 0. The zero-order chi connectivity index (χ0) is 82.3. The molecule has 15 aromatic rings. The van der Waals surface area contributed by atoms with Crippen molar-refractivity contribution >= 4 is 95.7 Å². The van der Waals surface area contributed by atoms with Crippen LogP contribution in [0.3, 0.4) is 0 Å². The SMILES string of the molecule is Brc1ccc(-c2cccc3c2Oc2ccccc2O3)cc1.Brc1ccc(I)cc1.CC1(C)OB(c2cccc3c2Oc2ccccc2O3)OC1(C)C.CC1(C)c2ccccc2-c2ccc(N)cc21.CC1(C)c2ccccc2-c2ccc(Nc3ccc(-c4cccc5c4Oc4ccccc4O5)cc3)cc21.Clc1cccc2c1Oc1ccccc1O2. The largest absolute Gasteiger partial charge is 0.498 e. The summed E-state index contributed by atoms with van der Waals surface area (Å²) >= 11 is 15.1. The number of ether oxygens (including phenoxy) is 8. The predicted molar refractivity (Wildman–Crippen MR) is 494 cm³/mol. The Morgan fingerprint density at radius 1 is 0.303 bits per heavy atom. The van der Waals surface area contributed by atoms with Gasteiger partial charge in [-0.2, -0.15) is 0 Å². The summed E-state index contributed by atoms with van der Waals surface area (Å²) < 4.78 is 63.4. The maximum absolute atomic E-state index is 6.24. The van der Waals surface area contributed by atoms with E-state index in [0.717, 1.165) is 99.7 Å². The first kappa shape index (κ1) is 79.7. The van der Waals surface area contributed by atoms with Crippen LogP contribution >= 0.6 is 66.1 Å². The quantitative estimate of drug-likeness (QED) is 0.0966. The molecule has 3 N–H and O–H groups in total. The predicted octanol–water partition coefficient (Wildman–Crippen LogP) is 30.1. The highest BCUT2D eigenvalue weighted by Gasteiger charge is 2.53. The Labute approximate surface area is 729 Å². The number of anilines is 3. The normalized spacial score (nSPS) is 14.5. The summed E-state index contributed by atoms with van der Waals surface area (Å²) in [5.74, 6) is 11.3. The minimum absolute atomic E-state index is 0.0133. The van der Waals surface area contributed by atoms with Gasteiger partial charge in [0.15, 0.2) is 92.0 Å². The lowest BCUT2D eigenvalue weighted by Crippen LogP contribution is -2.41. The molecule has 1 saturated heterocycles.